The number of rotatable bonds is 4. The van der Waals surface area contributed by atoms with E-state index in [4.69, 9.17) is 5.73 Å². The van der Waals surface area contributed by atoms with E-state index in [-0.39, 0.29) is 0 Å². The van der Waals surface area contributed by atoms with Crippen molar-refractivity contribution in [3.05, 3.63) is 28.2 Å². The van der Waals surface area contributed by atoms with E-state index in [0.717, 1.165) is 19.4 Å². The fraction of sp³-hybridized carbons (Fsp3) is 0.571. The van der Waals surface area contributed by atoms with E-state index in [1.54, 1.807) is 0 Å². The summed E-state index contributed by atoms with van der Waals surface area (Å²) in [5, 5.41) is 0. The van der Waals surface area contributed by atoms with Gasteiger partial charge in [0.1, 0.15) is 0 Å². The molecule has 2 nitrogen and oxygen atoms in total. The van der Waals surface area contributed by atoms with E-state index in [9.17, 15) is 0 Å². The smallest absolute Gasteiger partial charge is 0.0510 e. The molecular weight excluding hydrogens is 276 g/mol. The Morgan fingerprint density at radius 2 is 1.94 bits per heavy atom. The SMILES string of the molecule is NCCCc1ccc(N2CCCCC2)c(Br)c1. The van der Waals surface area contributed by atoms with Crippen molar-refractivity contribution in [3.63, 3.8) is 0 Å². The van der Waals surface area contributed by atoms with Gasteiger partial charge < -0.3 is 10.6 Å². The molecule has 2 rings (SSSR count). The topological polar surface area (TPSA) is 29.3 Å². The first-order valence-corrected chi connectivity index (χ1v) is 7.34. The number of hydrogen-bond donors (Lipinski definition) is 1. The maximum absolute atomic E-state index is 5.54. The number of benzene rings is 1. The minimum atomic E-state index is 0.769. The molecule has 0 spiro atoms. The van der Waals surface area contributed by atoms with Crippen molar-refractivity contribution in [1.82, 2.24) is 0 Å². The third-order valence-electron chi connectivity index (χ3n) is 3.38. The molecule has 17 heavy (non-hydrogen) atoms. The molecule has 1 heterocycles. The van der Waals surface area contributed by atoms with Crippen molar-refractivity contribution >= 4 is 21.6 Å². The standard InChI is InChI=1S/C14H21BrN2/c15-13-11-12(5-4-8-16)6-7-14(13)17-9-2-1-3-10-17/h6-7,11H,1-5,8-10,16H2. The van der Waals surface area contributed by atoms with Gasteiger partial charge in [0.05, 0.1) is 5.69 Å². The Labute approximate surface area is 112 Å². The maximum Gasteiger partial charge on any atom is 0.0510 e. The highest BCUT2D eigenvalue weighted by Gasteiger charge is 2.13. The summed E-state index contributed by atoms with van der Waals surface area (Å²) in [6.07, 6.45) is 6.16. The molecule has 1 aromatic carbocycles. The van der Waals surface area contributed by atoms with Crippen LogP contribution in [0.4, 0.5) is 5.69 Å². The first kappa shape index (κ1) is 12.9. The molecular formula is C14H21BrN2. The molecule has 0 saturated carbocycles. The lowest BCUT2D eigenvalue weighted by molar-refractivity contribution is 0.577. The van der Waals surface area contributed by atoms with Crippen LogP contribution in [0.1, 0.15) is 31.2 Å². The van der Waals surface area contributed by atoms with Crippen molar-refractivity contribution in [3.8, 4) is 0 Å². The predicted molar refractivity (Wildman–Crippen MR) is 77.6 cm³/mol. The third kappa shape index (κ3) is 3.46. The molecule has 0 amide bonds. The van der Waals surface area contributed by atoms with Crippen LogP contribution in [0.3, 0.4) is 0 Å². The lowest BCUT2D eigenvalue weighted by Crippen LogP contribution is -2.29. The number of anilines is 1. The fourth-order valence-corrected chi connectivity index (χ4v) is 3.08. The number of piperidine rings is 1. The molecule has 0 atom stereocenters. The molecule has 0 aliphatic carbocycles. The van der Waals surface area contributed by atoms with E-state index in [2.05, 4.69) is 39.0 Å². The number of nitrogens with zero attached hydrogens (tertiary/aromatic N) is 1. The molecule has 1 aromatic rings. The van der Waals surface area contributed by atoms with Gasteiger partial charge in [0.2, 0.25) is 0 Å². The Hall–Kier alpha value is -0.540. The summed E-state index contributed by atoms with van der Waals surface area (Å²) in [6.45, 7) is 3.16. The van der Waals surface area contributed by atoms with Crippen LogP contribution in [-0.2, 0) is 6.42 Å². The largest absolute Gasteiger partial charge is 0.371 e. The molecule has 0 unspecified atom stereocenters. The minimum absolute atomic E-state index is 0.769. The average molecular weight is 297 g/mol. The normalized spacial score (nSPS) is 16.2. The molecule has 0 aromatic heterocycles. The van der Waals surface area contributed by atoms with Crippen LogP contribution < -0.4 is 10.6 Å². The fourth-order valence-electron chi connectivity index (χ4n) is 2.40. The first-order chi connectivity index (χ1) is 8.31. The molecule has 94 valence electrons. The van der Waals surface area contributed by atoms with Crippen molar-refractivity contribution < 1.29 is 0 Å². The predicted octanol–water partition coefficient (Wildman–Crippen LogP) is 3.33. The van der Waals surface area contributed by atoms with E-state index in [1.165, 1.54) is 48.1 Å². The van der Waals surface area contributed by atoms with E-state index in [0.29, 0.717) is 0 Å². The Kier molecular flexibility index (Phi) is 4.86. The van der Waals surface area contributed by atoms with Gasteiger partial charge in [0.25, 0.3) is 0 Å². The molecule has 0 radical (unpaired) electrons. The Morgan fingerprint density at radius 3 is 2.59 bits per heavy atom. The highest BCUT2D eigenvalue weighted by atomic mass is 79.9. The summed E-state index contributed by atoms with van der Waals surface area (Å²) in [5.41, 5.74) is 8.27. The van der Waals surface area contributed by atoms with Gasteiger partial charge >= 0.3 is 0 Å². The average Bonchev–Trinajstić information content (AvgIpc) is 2.37. The zero-order chi connectivity index (χ0) is 12.1. The number of nitrogens with two attached hydrogens (primary N) is 1. The molecule has 2 N–H and O–H groups in total. The van der Waals surface area contributed by atoms with Crippen LogP contribution in [0.25, 0.3) is 0 Å². The molecule has 1 fully saturated rings. The van der Waals surface area contributed by atoms with Gasteiger partial charge in [-0.1, -0.05) is 6.07 Å². The lowest BCUT2D eigenvalue weighted by atomic mass is 10.1. The zero-order valence-electron chi connectivity index (χ0n) is 10.3. The van der Waals surface area contributed by atoms with Gasteiger partial charge in [-0.3, -0.25) is 0 Å². The summed E-state index contributed by atoms with van der Waals surface area (Å²) in [4.78, 5) is 2.49. The summed E-state index contributed by atoms with van der Waals surface area (Å²) >= 11 is 3.70. The second kappa shape index (κ2) is 6.41. The van der Waals surface area contributed by atoms with E-state index < -0.39 is 0 Å². The second-order valence-corrected chi connectivity index (χ2v) is 5.58. The van der Waals surface area contributed by atoms with Gasteiger partial charge in [0.15, 0.2) is 0 Å². The van der Waals surface area contributed by atoms with E-state index >= 15 is 0 Å². The zero-order valence-corrected chi connectivity index (χ0v) is 11.9. The van der Waals surface area contributed by atoms with Crippen LogP contribution in [0.15, 0.2) is 22.7 Å². The van der Waals surface area contributed by atoms with Crippen LogP contribution in [0.5, 0.6) is 0 Å². The Balaban J connectivity index is 2.07. The monoisotopic (exact) mass is 296 g/mol. The molecule has 1 saturated heterocycles. The van der Waals surface area contributed by atoms with Crippen LogP contribution >= 0.6 is 15.9 Å². The summed E-state index contributed by atoms with van der Waals surface area (Å²) in [5.74, 6) is 0. The van der Waals surface area contributed by atoms with Gasteiger partial charge in [0, 0.05) is 17.6 Å². The number of aryl methyl sites for hydroxylation is 1. The van der Waals surface area contributed by atoms with E-state index in [1.807, 2.05) is 0 Å². The van der Waals surface area contributed by atoms with Crippen molar-refractivity contribution in [2.24, 2.45) is 5.73 Å². The third-order valence-corrected chi connectivity index (χ3v) is 4.01. The van der Waals surface area contributed by atoms with Crippen molar-refractivity contribution in [1.29, 1.82) is 0 Å². The quantitative estimate of drug-likeness (QED) is 0.923. The number of halogens is 1. The first-order valence-electron chi connectivity index (χ1n) is 6.54. The van der Waals surface area contributed by atoms with Gasteiger partial charge in [-0.05, 0) is 72.3 Å². The summed E-state index contributed by atoms with van der Waals surface area (Å²) in [7, 11) is 0. The second-order valence-electron chi connectivity index (χ2n) is 4.73. The Morgan fingerprint density at radius 1 is 1.18 bits per heavy atom. The number of hydrogen-bond acceptors (Lipinski definition) is 2. The minimum Gasteiger partial charge on any atom is -0.371 e. The molecule has 3 heteroatoms. The van der Waals surface area contributed by atoms with Gasteiger partial charge in [-0.15, -0.1) is 0 Å². The van der Waals surface area contributed by atoms with Crippen molar-refractivity contribution in [2.45, 2.75) is 32.1 Å². The highest BCUT2D eigenvalue weighted by Crippen LogP contribution is 2.29. The van der Waals surface area contributed by atoms with Gasteiger partial charge in [-0.2, -0.15) is 0 Å². The molecule has 1 aliphatic rings. The molecule has 0 bridgehead atoms. The van der Waals surface area contributed by atoms with Gasteiger partial charge in [-0.25, -0.2) is 0 Å². The Bertz CT molecular complexity index is 359. The maximum atomic E-state index is 5.54. The summed E-state index contributed by atoms with van der Waals surface area (Å²) in [6, 6.07) is 6.74. The molecule has 1 aliphatic heterocycles. The van der Waals surface area contributed by atoms with Crippen LogP contribution in [-0.4, -0.2) is 19.6 Å². The summed E-state index contributed by atoms with van der Waals surface area (Å²) < 4.78 is 1.23. The van der Waals surface area contributed by atoms with Crippen LogP contribution in [0, 0.1) is 0 Å². The van der Waals surface area contributed by atoms with Crippen LogP contribution in [0.2, 0.25) is 0 Å². The lowest BCUT2D eigenvalue weighted by Gasteiger charge is -2.29. The van der Waals surface area contributed by atoms with Crippen molar-refractivity contribution in [2.75, 3.05) is 24.5 Å². The highest BCUT2D eigenvalue weighted by molar-refractivity contribution is 9.10.